The number of halogens is 2. The fourth-order valence-corrected chi connectivity index (χ4v) is 1.58. The van der Waals surface area contributed by atoms with Gasteiger partial charge in [-0.15, -0.1) is 11.6 Å². The monoisotopic (exact) mass is 233 g/mol. The highest BCUT2D eigenvalue weighted by atomic mass is 35.5. The number of ether oxygens (including phenoxy) is 1. The molecule has 14 heavy (non-hydrogen) atoms. The van der Waals surface area contributed by atoms with Crippen molar-refractivity contribution in [2.24, 2.45) is 0 Å². The number of nitrogens with one attached hydrogen (secondary N) is 1. The molecule has 0 heterocycles. The second kappa shape index (κ2) is 5.44. The summed E-state index contributed by atoms with van der Waals surface area (Å²) in [6.07, 6.45) is 0. The van der Waals surface area contributed by atoms with E-state index in [0.717, 1.165) is 17.7 Å². The molecule has 2 nitrogen and oxygen atoms in total. The smallest absolute Gasteiger partial charge is 0.137 e. The largest absolute Gasteiger partial charge is 0.495 e. The fourth-order valence-electron chi connectivity index (χ4n) is 1.23. The van der Waals surface area contributed by atoms with E-state index in [1.54, 1.807) is 7.11 Å². The first-order chi connectivity index (χ1) is 6.69. The van der Waals surface area contributed by atoms with E-state index in [1.165, 1.54) is 0 Å². The molecule has 0 aliphatic rings. The summed E-state index contributed by atoms with van der Waals surface area (Å²) in [5, 5.41) is 3.67. The van der Waals surface area contributed by atoms with Gasteiger partial charge in [-0.05, 0) is 30.2 Å². The molecule has 0 spiro atoms. The van der Waals surface area contributed by atoms with Crippen molar-refractivity contribution in [3.63, 3.8) is 0 Å². The Morgan fingerprint density at radius 3 is 2.71 bits per heavy atom. The van der Waals surface area contributed by atoms with Crippen LogP contribution in [0.3, 0.4) is 0 Å². The van der Waals surface area contributed by atoms with Gasteiger partial charge in [-0.25, -0.2) is 0 Å². The highest BCUT2D eigenvalue weighted by Gasteiger charge is 2.05. The summed E-state index contributed by atoms with van der Waals surface area (Å²) in [4.78, 5) is 0. The second-order valence-electron chi connectivity index (χ2n) is 2.97. The molecule has 0 saturated carbocycles. The zero-order chi connectivity index (χ0) is 10.6. The summed E-state index contributed by atoms with van der Waals surface area (Å²) in [7, 11) is 1.61. The van der Waals surface area contributed by atoms with Crippen LogP contribution in [0.1, 0.15) is 11.1 Å². The Hall–Kier alpha value is -0.440. The third kappa shape index (κ3) is 2.77. The average molecular weight is 234 g/mol. The minimum Gasteiger partial charge on any atom is -0.495 e. The van der Waals surface area contributed by atoms with Crippen molar-refractivity contribution in [3.05, 3.63) is 28.3 Å². The summed E-state index contributed by atoms with van der Waals surface area (Å²) in [5.41, 5.74) is 2.28. The second-order valence-corrected chi connectivity index (χ2v) is 3.65. The molecule has 0 aromatic heterocycles. The van der Waals surface area contributed by atoms with E-state index in [0.29, 0.717) is 16.8 Å². The molecular weight excluding hydrogens is 221 g/mol. The first-order valence-corrected chi connectivity index (χ1v) is 5.20. The maximum absolute atomic E-state index is 5.99. The molecule has 0 aliphatic carbocycles. The van der Waals surface area contributed by atoms with Gasteiger partial charge in [-0.2, -0.15) is 0 Å². The van der Waals surface area contributed by atoms with Crippen LogP contribution in [0.15, 0.2) is 12.1 Å². The topological polar surface area (TPSA) is 21.3 Å². The Bertz CT molecular complexity index is 315. The standard InChI is InChI=1S/C10H13Cl2NO/c1-7-3-10(14-2)9(12)4-8(7)5-13-6-11/h3-4,13H,5-6H2,1-2H3. The Morgan fingerprint density at radius 1 is 1.43 bits per heavy atom. The van der Waals surface area contributed by atoms with Gasteiger partial charge in [0, 0.05) is 6.54 Å². The van der Waals surface area contributed by atoms with Gasteiger partial charge in [-0.3, -0.25) is 5.32 Å². The van der Waals surface area contributed by atoms with E-state index in [4.69, 9.17) is 27.9 Å². The zero-order valence-electron chi connectivity index (χ0n) is 8.23. The molecule has 0 aliphatic heterocycles. The SMILES string of the molecule is COc1cc(C)c(CNCCl)cc1Cl. The average Bonchev–Trinajstić information content (AvgIpc) is 2.18. The number of aryl methyl sites for hydroxylation is 1. The number of alkyl halides is 1. The highest BCUT2D eigenvalue weighted by molar-refractivity contribution is 6.32. The normalized spacial score (nSPS) is 10.3. The lowest BCUT2D eigenvalue weighted by Gasteiger charge is -2.09. The van der Waals surface area contributed by atoms with Crippen LogP contribution in [0.2, 0.25) is 5.02 Å². The van der Waals surface area contributed by atoms with Gasteiger partial charge in [0.15, 0.2) is 0 Å². The molecule has 4 heteroatoms. The van der Waals surface area contributed by atoms with Gasteiger partial charge in [-0.1, -0.05) is 11.6 Å². The third-order valence-electron chi connectivity index (χ3n) is 2.02. The first kappa shape index (κ1) is 11.6. The van der Waals surface area contributed by atoms with E-state index in [1.807, 2.05) is 19.1 Å². The fraction of sp³-hybridized carbons (Fsp3) is 0.400. The molecule has 0 amide bonds. The molecule has 0 fully saturated rings. The van der Waals surface area contributed by atoms with Crippen molar-refractivity contribution in [1.82, 2.24) is 5.32 Å². The predicted molar refractivity (Wildman–Crippen MR) is 60.3 cm³/mol. The van der Waals surface area contributed by atoms with E-state index in [9.17, 15) is 0 Å². The van der Waals surface area contributed by atoms with E-state index < -0.39 is 0 Å². The zero-order valence-corrected chi connectivity index (χ0v) is 9.74. The predicted octanol–water partition coefficient (Wildman–Crippen LogP) is 2.94. The van der Waals surface area contributed by atoms with Crippen LogP contribution in [-0.2, 0) is 6.54 Å². The van der Waals surface area contributed by atoms with Crippen LogP contribution in [0, 0.1) is 6.92 Å². The van der Waals surface area contributed by atoms with E-state index in [-0.39, 0.29) is 0 Å². The number of rotatable bonds is 4. The Kier molecular flexibility index (Phi) is 4.52. The Labute approximate surface area is 94.2 Å². The van der Waals surface area contributed by atoms with E-state index in [2.05, 4.69) is 5.32 Å². The maximum Gasteiger partial charge on any atom is 0.137 e. The van der Waals surface area contributed by atoms with Crippen LogP contribution in [0.25, 0.3) is 0 Å². The number of methoxy groups -OCH3 is 1. The van der Waals surface area contributed by atoms with Crippen molar-refractivity contribution in [3.8, 4) is 5.75 Å². The molecule has 0 unspecified atom stereocenters. The first-order valence-electron chi connectivity index (χ1n) is 4.28. The van der Waals surface area contributed by atoms with Crippen LogP contribution in [-0.4, -0.2) is 13.1 Å². The number of benzene rings is 1. The molecule has 1 aromatic rings. The lowest BCUT2D eigenvalue weighted by molar-refractivity contribution is 0.414. The van der Waals surface area contributed by atoms with Gasteiger partial charge in [0.1, 0.15) is 5.75 Å². The third-order valence-corrected chi connectivity index (χ3v) is 2.50. The molecule has 0 bridgehead atoms. The van der Waals surface area contributed by atoms with Crippen LogP contribution < -0.4 is 10.1 Å². The van der Waals surface area contributed by atoms with Crippen LogP contribution in [0.5, 0.6) is 5.75 Å². The van der Waals surface area contributed by atoms with Gasteiger partial charge >= 0.3 is 0 Å². The summed E-state index contributed by atoms with van der Waals surface area (Å²) >= 11 is 11.5. The van der Waals surface area contributed by atoms with Crippen molar-refractivity contribution in [2.45, 2.75) is 13.5 Å². The highest BCUT2D eigenvalue weighted by Crippen LogP contribution is 2.27. The van der Waals surface area contributed by atoms with Crippen LogP contribution >= 0.6 is 23.2 Å². The van der Waals surface area contributed by atoms with Gasteiger partial charge in [0.25, 0.3) is 0 Å². The molecule has 0 radical (unpaired) electrons. The van der Waals surface area contributed by atoms with Crippen molar-refractivity contribution < 1.29 is 4.74 Å². The molecular formula is C10H13Cl2NO. The molecule has 1 N–H and O–H groups in total. The number of hydrogen-bond acceptors (Lipinski definition) is 2. The quantitative estimate of drug-likeness (QED) is 0.638. The maximum atomic E-state index is 5.99. The molecule has 0 atom stereocenters. The summed E-state index contributed by atoms with van der Waals surface area (Å²) < 4.78 is 5.11. The van der Waals surface area contributed by atoms with Crippen molar-refractivity contribution in [2.75, 3.05) is 13.1 Å². The van der Waals surface area contributed by atoms with Gasteiger partial charge in [0.05, 0.1) is 18.1 Å². The minimum atomic E-state index is 0.434. The van der Waals surface area contributed by atoms with Crippen LogP contribution in [0.4, 0.5) is 0 Å². The van der Waals surface area contributed by atoms with Gasteiger partial charge < -0.3 is 4.74 Å². The molecule has 0 saturated heterocycles. The Balaban J connectivity index is 2.90. The lowest BCUT2D eigenvalue weighted by Crippen LogP contribution is -2.11. The summed E-state index contributed by atoms with van der Waals surface area (Å²) in [6.45, 7) is 2.74. The lowest BCUT2D eigenvalue weighted by atomic mass is 10.1. The summed E-state index contributed by atoms with van der Waals surface area (Å²) in [5.74, 6) is 0.707. The molecule has 1 aromatic carbocycles. The number of hydrogen-bond donors (Lipinski definition) is 1. The Morgan fingerprint density at radius 2 is 2.14 bits per heavy atom. The minimum absolute atomic E-state index is 0.434. The van der Waals surface area contributed by atoms with E-state index >= 15 is 0 Å². The van der Waals surface area contributed by atoms with Crippen molar-refractivity contribution >= 4 is 23.2 Å². The van der Waals surface area contributed by atoms with Gasteiger partial charge in [0.2, 0.25) is 0 Å². The summed E-state index contributed by atoms with van der Waals surface area (Å²) in [6, 6.07) is 4.26. The molecule has 78 valence electrons. The molecule has 1 rings (SSSR count). The van der Waals surface area contributed by atoms with Crippen molar-refractivity contribution in [1.29, 1.82) is 0 Å².